The molecule has 1 aromatic heterocycles. The lowest BCUT2D eigenvalue weighted by atomic mass is 10.3. The van der Waals surface area contributed by atoms with E-state index in [1.165, 1.54) is 0 Å². The highest BCUT2D eigenvalue weighted by Crippen LogP contribution is 2.18. The Morgan fingerprint density at radius 3 is 3.00 bits per heavy atom. The fourth-order valence-corrected chi connectivity index (χ4v) is 1.64. The van der Waals surface area contributed by atoms with Crippen LogP contribution in [0.1, 0.15) is 0 Å². The van der Waals surface area contributed by atoms with Crippen molar-refractivity contribution in [3.05, 3.63) is 23.2 Å². The number of likely N-dealkylation sites (N-methyl/N-ethyl adjacent to an activating group) is 1. The first kappa shape index (κ1) is 11.2. The first-order valence-electron chi connectivity index (χ1n) is 5.19. The van der Waals surface area contributed by atoms with Gasteiger partial charge in [0.25, 0.3) is 0 Å². The van der Waals surface area contributed by atoms with Crippen LogP contribution in [-0.2, 0) is 0 Å². The molecule has 0 saturated heterocycles. The monoisotopic (exact) mass is 238 g/mol. The van der Waals surface area contributed by atoms with Gasteiger partial charge < -0.3 is 15.2 Å². The smallest absolute Gasteiger partial charge is 0.201 e. The van der Waals surface area contributed by atoms with Crippen molar-refractivity contribution in [3.8, 4) is 0 Å². The molecule has 2 rings (SSSR count). The van der Waals surface area contributed by atoms with Crippen LogP contribution in [0.5, 0.6) is 0 Å². The molecule has 86 valence electrons. The molecule has 0 atom stereocenters. The SMILES string of the molecule is CN(C)CCNc1nc2ccc(Cl)cc2[nH]1. The molecule has 2 aromatic rings. The maximum absolute atomic E-state index is 5.90. The first-order chi connectivity index (χ1) is 7.65. The van der Waals surface area contributed by atoms with Crippen LogP contribution < -0.4 is 5.32 Å². The zero-order valence-corrected chi connectivity index (χ0v) is 10.2. The fourth-order valence-electron chi connectivity index (χ4n) is 1.46. The third-order valence-electron chi connectivity index (χ3n) is 2.30. The van der Waals surface area contributed by atoms with Gasteiger partial charge in [0.05, 0.1) is 11.0 Å². The Hall–Kier alpha value is -1.26. The molecular weight excluding hydrogens is 224 g/mol. The Kier molecular flexibility index (Phi) is 3.31. The summed E-state index contributed by atoms with van der Waals surface area (Å²) in [5, 5.41) is 3.95. The molecule has 1 heterocycles. The van der Waals surface area contributed by atoms with Gasteiger partial charge in [-0.05, 0) is 32.3 Å². The quantitative estimate of drug-likeness (QED) is 0.858. The lowest BCUT2D eigenvalue weighted by molar-refractivity contribution is 0.425. The minimum absolute atomic E-state index is 0.719. The molecule has 16 heavy (non-hydrogen) atoms. The Morgan fingerprint density at radius 1 is 1.44 bits per heavy atom. The summed E-state index contributed by atoms with van der Waals surface area (Å²) in [5.74, 6) is 0.791. The second-order valence-electron chi connectivity index (χ2n) is 3.98. The molecule has 0 fully saturated rings. The molecule has 0 saturated carbocycles. The van der Waals surface area contributed by atoms with Crippen molar-refractivity contribution in [2.75, 3.05) is 32.5 Å². The average Bonchev–Trinajstić information content (AvgIpc) is 2.58. The molecular formula is C11H15ClN4. The highest BCUT2D eigenvalue weighted by atomic mass is 35.5. The van der Waals surface area contributed by atoms with Crippen molar-refractivity contribution in [2.24, 2.45) is 0 Å². The van der Waals surface area contributed by atoms with E-state index in [9.17, 15) is 0 Å². The molecule has 0 radical (unpaired) electrons. The lowest BCUT2D eigenvalue weighted by Crippen LogP contribution is -2.21. The lowest BCUT2D eigenvalue weighted by Gasteiger charge is -2.08. The van der Waals surface area contributed by atoms with Crippen molar-refractivity contribution in [2.45, 2.75) is 0 Å². The largest absolute Gasteiger partial charge is 0.355 e. The van der Waals surface area contributed by atoms with Crippen molar-refractivity contribution in [3.63, 3.8) is 0 Å². The first-order valence-corrected chi connectivity index (χ1v) is 5.57. The number of aromatic nitrogens is 2. The van der Waals surface area contributed by atoms with E-state index < -0.39 is 0 Å². The van der Waals surface area contributed by atoms with E-state index >= 15 is 0 Å². The third kappa shape index (κ3) is 2.65. The number of nitrogens with one attached hydrogen (secondary N) is 2. The average molecular weight is 239 g/mol. The molecule has 2 N–H and O–H groups in total. The summed E-state index contributed by atoms with van der Waals surface area (Å²) >= 11 is 5.90. The van der Waals surface area contributed by atoms with Gasteiger partial charge >= 0.3 is 0 Å². The second kappa shape index (κ2) is 4.72. The standard InChI is InChI=1S/C11H15ClN4/c1-16(2)6-5-13-11-14-9-4-3-8(12)7-10(9)15-11/h3-4,7H,5-6H2,1-2H3,(H2,13,14,15). The van der Waals surface area contributed by atoms with Crippen LogP contribution in [0, 0.1) is 0 Å². The predicted molar refractivity (Wildman–Crippen MR) is 68.1 cm³/mol. The van der Waals surface area contributed by atoms with E-state index in [0.29, 0.717) is 0 Å². The maximum atomic E-state index is 5.90. The molecule has 0 aliphatic carbocycles. The predicted octanol–water partition coefficient (Wildman–Crippen LogP) is 2.19. The molecule has 0 bridgehead atoms. The zero-order chi connectivity index (χ0) is 11.5. The van der Waals surface area contributed by atoms with E-state index in [-0.39, 0.29) is 0 Å². The summed E-state index contributed by atoms with van der Waals surface area (Å²) in [7, 11) is 4.08. The van der Waals surface area contributed by atoms with Crippen molar-refractivity contribution in [1.29, 1.82) is 0 Å². The van der Waals surface area contributed by atoms with Gasteiger partial charge in [-0.2, -0.15) is 0 Å². The number of imidazole rings is 1. The number of hydrogen-bond donors (Lipinski definition) is 2. The van der Waals surface area contributed by atoms with Gasteiger partial charge in [0.2, 0.25) is 5.95 Å². The Labute approximate surface area is 99.6 Å². The summed E-state index contributed by atoms with van der Waals surface area (Å²) in [6.45, 7) is 1.83. The van der Waals surface area contributed by atoms with Gasteiger partial charge in [0, 0.05) is 18.1 Å². The number of aromatic amines is 1. The second-order valence-corrected chi connectivity index (χ2v) is 4.41. The normalized spacial score (nSPS) is 11.2. The molecule has 4 nitrogen and oxygen atoms in total. The van der Waals surface area contributed by atoms with Crippen LogP contribution in [0.2, 0.25) is 5.02 Å². The number of anilines is 1. The van der Waals surface area contributed by atoms with E-state index in [1.807, 2.05) is 32.3 Å². The number of hydrogen-bond acceptors (Lipinski definition) is 3. The summed E-state index contributed by atoms with van der Waals surface area (Å²) in [6.07, 6.45) is 0. The maximum Gasteiger partial charge on any atom is 0.201 e. The summed E-state index contributed by atoms with van der Waals surface area (Å²) < 4.78 is 0. The van der Waals surface area contributed by atoms with E-state index in [4.69, 9.17) is 11.6 Å². The van der Waals surface area contributed by atoms with Crippen LogP contribution >= 0.6 is 11.6 Å². The van der Waals surface area contributed by atoms with Crippen molar-refractivity contribution in [1.82, 2.24) is 14.9 Å². The number of H-pyrrole nitrogens is 1. The third-order valence-corrected chi connectivity index (χ3v) is 2.53. The minimum atomic E-state index is 0.719. The Bertz CT molecular complexity index is 478. The summed E-state index contributed by atoms with van der Waals surface area (Å²) in [5.41, 5.74) is 1.89. The van der Waals surface area contributed by atoms with Crippen LogP contribution in [-0.4, -0.2) is 42.1 Å². The molecule has 1 aromatic carbocycles. The number of fused-ring (bicyclic) bond motifs is 1. The number of nitrogens with zero attached hydrogens (tertiary/aromatic N) is 2. The highest BCUT2D eigenvalue weighted by Gasteiger charge is 2.02. The molecule has 5 heteroatoms. The number of halogens is 1. The van der Waals surface area contributed by atoms with E-state index in [0.717, 1.165) is 35.1 Å². The van der Waals surface area contributed by atoms with Crippen LogP contribution in [0.4, 0.5) is 5.95 Å². The minimum Gasteiger partial charge on any atom is -0.355 e. The topological polar surface area (TPSA) is 44.0 Å². The fraction of sp³-hybridized carbons (Fsp3) is 0.364. The number of rotatable bonds is 4. The molecule has 0 spiro atoms. The van der Waals surface area contributed by atoms with Gasteiger partial charge in [-0.15, -0.1) is 0 Å². The van der Waals surface area contributed by atoms with Crippen LogP contribution in [0.25, 0.3) is 11.0 Å². The molecule has 0 aliphatic heterocycles. The van der Waals surface area contributed by atoms with Gasteiger partial charge in [-0.3, -0.25) is 0 Å². The van der Waals surface area contributed by atoms with Crippen LogP contribution in [0.15, 0.2) is 18.2 Å². The molecule has 0 unspecified atom stereocenters. The molecule has 0 aliphatic rings. The summed E-state index contributed by atoms with van der Waals surface area (Å²) in [4.78, 5) is 9.71. The Balaban J connectivity index is 2.08. The zero-order valence-electron chi connectivity index (χ0n) is 9.42. The summed E-state index contributed by atoms with van der Waals surface area (Å²) in [6, 6.07) is 5.63. The van der Waals surface area contributed by atoms with Crippen molar-refractivity contribution >= 4 is 28.6 Å². The number of benzene rings is 1. The van der Waals surface area contributed by atoms with E-state index in [1.54, 1.807) is 0 Å². The van der Waals surface area contributed by atoms with E-state index in [2.05, 4.69) is 20.2 Å². The highest BCUT2D eigenvalue weighted by molar-refractivity contribution is 6.31. The van der Waals surface area contributed by atoms with Crippen molar-refractivity contribution < 1.29 is 0 Å². The van der Waals surface area contributed by atoms with Gasteiger partial charge in [-0.1, -0.05) is 11.6 Å². The van der Waals surface area contributed by atoms with Gasteiger partial charge in [0.1, 0.15) is 0 Å². The van der Waals surface area contributed by atoms with Crippen LogP contribution in [0.3, 0.4) is 0 Å². The van der Waals surface area contributed by atoms with Gasteiger partial charge in [0.15, 0.2) is 0 Å². The van der Waals surface area contributed by atoms with Gasteiger partial charge in [-0.25, -0.2) is 4.98 Å². The molecule has 0 amide bonds. The Morgan fingerprint density at radius 2 is 2.25 bits per heavy atom.